The van der Waals surface area contributed by atoms with Gasteiger partial charge in [-0.05, 0) is 47.2 Å². The molecule has 0 nitrogen and oxygen atoms in total. The van der Waals surface area contributed by atoms with Crippen molar-refractivity contribution in [2.75, 3.05) is 0 Å². The molecular formula is C8H7I3. The van der Waals surface area contributed by atoms with Crippen molar-refractivity contribution in [3.63, 3.8) is 0 Å². The van der Waals surface area contributed by atoms with Crippen LogP contribution in [0.1, 0.15) is 12.5 Å². The van der Waals surface area contributed by atoms with Crippen LogP contribution >= 0.6 is 67.8 Å². The van der Waals surface area contributed by atoms with E-state index < -0.39 is 0 Å². The second-order valence-corrected chi connectivity index (χ2v) is 10.0. The van der Waals surface area contributed by atoms with Gasteiger partial charge in [-0.2, -0.15) is 0 Å². The Morgan fingerprint density at radius 1 is 1.27 bits per heavy atom. The molecular weight excluding hydrogens is 477 g/mol. The minimum Gasteiger partial charge on any atom is -0.0622 e. The topological polar surface area (TPSA) is 0 Å². The largest absolute Gasteiger partial charge is 0.0954 e. The predicted octanol–water partition coefficient (Wildman–Crippen LogP) is 4.33. The van der Waals surface area contributed by atoms with E-state index >= 15 is 0 Å². The summed E-state index contributed by atoms with van der Waals surface area (Å²) in [4.78, 5) is 0. The molecule has 0 unspecified atom stereocenters. The van der Waals surface area contributed by atoms with E-state index in [2.05, 4.69) is 99.0 Å². The fourth-order valence-corrected chi connectivity index (χ4v) is 1.98. The first kappa shape index (κ1) is 10.5. The summed E-state index contributed by atoms with van der Waals surface area (Å²) in [5.41, 5.74) is 1.38. The van der Waals surface area contributed by atoms with E-state index in [-0.39, 0.29) is 1.43 Å². The van der Waals surface area contributed by atoms with Crippen LogP contribution in [0, 0.1) is 3.57 Å². The fourth-order valence-electron chi connectivity index (χ4n) is 0.762. The molecule has 1 aromatic carbocycles. The molecule has 0 aliphatic carbocycles. The molecule has 0 atom stereocenters. The van der Waals surface area contributed by atoms with Crippen molar-refractivity contribution >= 4 is 67.8 Å². The molecule has 0 amide bonds. The normalized spacial score (nSPS) is 11.6. The monoisotopic (exact) mass is 484 g/mol. The van der Waals surface area contributed by atoms with Gasteiger partial charge < -0.3 is 0 Å². The summed E-state index contributed by atoms with van der Waals surface area (Å²) in [6.45, 7) is 2.21. The maximum atomic E-state index is 2.44. The average Bonchev–Trinajstić information content (AvgIpc) is 1.86. The molecule has 0 saturated carbocycles. The predicted molar refractivity (Wildman–Crippen MR) is 74.6 cm³/mol. The molecule has 0 spiro atoms. The third-order valence-electron chi connectivity index (χ3n) is 1.33. The minimum absolute atomic E-state index is 0.219. The van der Waals surface area contributed by atoms with Crippen LogP contribution in [0.3, 0.4) is 0 Å². The van der Waals surface area contributed by atoms with E-state index in [0.717, 1.165) is 0 Å². The molecule has 0 heterocycles. The standard InChI is InChI=1S/C8H7I3/c1-8(10,11)6-3-2-4-7(9)5-6/h2-5H,1H3. The molecule has 1 aromatic rings. The van der Waals surface area contributed by atoms with Gasteiger partial charge in [-0.25, -0.2) is 0 Å². The van der Waals surface area contributed by atoms with Crippen LogP contribution in [0.4, 0.5) is 0 Å². The van der Waals surface area contributed by atoms with Crippen LogP contribution in [0.2, 0.25) is 0 Å². The number of benzene rings is 1. The number of hydrogen-bond acceptors (Lipinski definition) is 0. The van der Waals surface area contributed by atoms with E-state index in [9.17, 15) is 0 Å². The fraction of sp³-hybridized carbons (Fsp3) is 0.250. The molecule has 0 aromatic heterocycles. The van der Waals surface area contributed by atoms with E-state index in [0.29, 0.717) is 0 Å². The van der Waals surface area contributed by atoms with Crippen molar-refractivity contribution in [3.05, 3.63) is 33.4 Å². The van der Waals surface area contributed by atoms with Gasteiger partial charge in [0.05, 0.1) is 1.43 Å². The van der Waals surface area contributed by atoms with Crippen LogP contribution in [-0.2, 0) is 1.43 Å². The molecule has 0 saturated heterocycles. The summed E-state index contributed by atoms with van der Waals surface area (Å²) in [7, 11) is 0. The number of hydrogen-bond donors (Lipinski definition) is 0. The third kappa shape index (κ3) is 3.33. The van der Waals surface area contributed by atoms with Gasteiger partial charge in [0.15, 0.2) is 0 Å². The summed E-state index contributed by atoms with van der Waals surface area (Å²) >= 11 is 7.22. The van der Waals surface area contributed by atoms with Gasteiger partial charge in [0.25, 0.3) is 0 Å². The van der Waals surface area contributed by atoms with E-state index in [1.165, 1.54) is 9.13 Å². The van der Waals surface area contributed by atoms with E-state index in [1.54, 1.807) is 0 Å². The van der Waals surface area contributed by atoms with Gasteiger partial charge in [-0.15, -0.1) is 0 Å². The first-order valence-corrected chi connectivity index (χ1v) is 6.37. The first-order chi connectivity index (χ1) is 5.00. The van der Waals surface area contributed by atoms with Gasteiger partial charge in [0.1, 0.15) is 0 Å². The smallest absolute Gasteiger partial charge is 0.0622 e. The van der Waals surface area contributed by atoms with Crippen molar-refractivity contribution in [2.45, 2.75) is 8.35 Å². The Morgan fingerprint density at radius 3 is 2.27 bits per heavy atom. The van der Waals surface area contributed by atoms with Gasteiger partial charge in [-0.1, -0.05) is 57.3 Å². The second kappa shape index (κ2) is 4.08. The van der Waals surface area contributed by atoms with Gasteiger partial charge in [0.2, 0.25) is 0 Å². The molecule has 11 heavy (non-hydrogen) atoms. The lowest BCUT2D eigenvalue weighted by Gasteiger charge is -2.14. The molecule has 3 heteroatoms. The summed E-state index contributed by atoms with van der Waals surface area (Å²) in [6.07, 6.45) is 0. The van der Waals surface area contributed by atoms with Crippen molar-refractivity contribution in [1.82, 2.24) is 0 Å². The SMILES string of the molecule is CC(I)(I)c1cccc(I)c1. The molecule has 60 valence electrons. The van der Waals surface area contributed by atoms with Crippen LogP contribution in [0.15, 0.2) is 24.3 Å². The van der Waals surface area contributed by atoms with Gasteiger partial charge in [0, 0.05) is 3.57 Å². The van der Waals surface area contributed by atoms with Crippen molar-refractivity contribution < 1.29 is 0 Å². The van der Waals surface area contributed by atoms with Crippen molar-refractivity contribution in [2.24, 2.45) is 0 Å². The molecule has 1 rings (SSSR count). The van der Waals surface area contributed by atoms with Crippen molar-refractivity contribution in [3.8, 4) is 0 Å². The Kier molecular flexibility index (Phi) is 3.89. The lowest BCUT2D eigenvalue weighted by atomic mass is 10.2. The zero-order chi connectivity index (χ0) is 8.48. The van der Waals surface area contributed by atoms with Crippen LogP contribution in [0.25, 0.3) is 0 Å². The highest BCUT2D eigenvalue weighted by atomic mass is 127. The van der Waals surface area contributed by atoms with Crippen LogP contribution in [0.5, 0.6) is 0 Å². The zero-order valence-corrected chi connectivity index (χ0v) is 12.4. The average molecular weight is 484 g/mol. The number of rotatable bonds is 1. The Bertz CT molecular complexity index is 250. The first-order valence-electron chi connectivity index (χ1n) is 3.14. The maximum absolute atomic E-state index is 2.44. The highest BCUT2D eigenvalue weighted by molar-refractivity contribution is 14.2. The number of halogens is 3. The lowest BCUT2D eigenvalue weighted by molar-refractivity contribution is 1.11. The van der Waals surface area contributed by atoms with Crippen LogP contribution in [-0.4, -0.2) is 0 Å². The van der Waals surface area contributed by atoms with Crippen molar-refractivity contribution in [1.29, 1.82) is 0 Å². The number of alkyl halides is 2. The summed E-state index contributed by atoms with van der Waals surface area (Å²) in [5, 5.41) is 0. The van der Waals surface area contributed by atoms with Gasteiger partial charge >= 0.3 is 0 Å². The minimum atomic E-state index is 0.219. The molecule has 0 bridgehead atoms. The molecule has 0 aliphatic rings. The van der Waals surface area contributed by atoms with E-state index in [4.69, 9.17) is 0 Å². The molecule has 0 radical (unpaired) electrons. The maximum Gasteiger partial charge on any atom is 0.0954 e. The Morgan fingerprint density at radius 2 is 1.91 bits per heavy atom. The zero-order valence-electron chi connectivity index (χ0n) is 5.94. The van der Waals surface area contributed by atoms with Crippen LogP contribution < -0.4 is 0 Å². The highest BCUT2D eigenvalue weighted by Gasteiger charge is 2.17. The molecule has 0 aliphatic heterocycles. The third-order valence-corrected chi connectivity index (χ3v) is 3.25. The quantitative estimate of drug-likeness (QED) is 0.412. The Hall–Kier alpha value is 1.41. The highest BCUT2D eigenvalue weighted by Crippen LogP contribution is 2.38. The summed E-state index contributed by atoms with van der Waals surface area (Å²) in [5.74, 6) is 0. The summed E-state index contributed by atoms with van der Waals surface area (Å²) < 4.78 is 1.52. The van der Waals surface area contributed by atoms with E-state index in [1.807, 2.05) is 0 Å². The van der Waals surface area contributed by atoms with Gasteiger partial charge in [-0.3, -0.25) is 0 Å². The molecule has 0 fully saturated rings. The molecule has 0 N–H and O–H groups in total. The Balaban J connectivity index is 3.06. The lowest BCUT2D eigenvalue weighted by Crippen LogP contribution is -2.01. The Labute approximate surface area is 108 Å². The second-order valence-electron chi connectivity index (χ2n) is 2.40. The summed E-state index contributed by atoms with van der Waals surface area (Å²) in [6, 6.07) is 8.61.